The molecule has 0 aromatic heterocycles. The normalized spacial score (nSPS) is 20.1. The van der Waals surface area contributed by atoms with E-state index in [-0.39, 0.29) is 16.8 Å². The minimum absolute atomic E-state index is 0.0986. The van der Waals surface area contributed by atoms with E-state index in [0.29, 0.717) is 0 Å². The Morgan fingerprint density at radius 2 is 2.12 bits per heavy atom. The fourth-order valence-corrected chi connectivity index (χ4v) is 2.04. The van der Waals surface area contributed by atoms with Crippen LogP contribution in [-0.2, 0) is 4.74 Å². The van der Waals surface area contributed by atoms with Gasteiger partial charge in [-0.25, -0.2) is 0 Å². The monoisotopic (exact) mass is 222 g/mol. The molecule has 16 heavy (non-hydrogen) atoms. The van der Waals surface area contributed by atoms with Crippen LogP contribution in [-0.4, -0.2) is 24.8 Å². The number of nitrogens with zero attached hydrogens (tertiary/aromatic N) is 2. The van der Waals surface area contributed by atoms with E-state index in [2.05, 4.69) is 4.90 Å². The van der Waals surface area contributed by atoms with Crippen LogP contribution in [0.4, 0.5) is 11.4 Å². The van der Waals surface area contributed by atoms with Crippen LogP contribution in [0, 0.1) is 10.1 Å². The van der Waals surface area contributed by atoms with Crippen LogP contribution >= 0.6 is 0 Å². The van der Waals surface area contributed by atoms with Crippen molar-refractivity contribution in [3.8, 4) is 0 Å². The molecule has 0 amide bonds. The summed E-state index contributed by atoms with van der Waals surface area (Å²) in [6, 6.07) is 6.60. The van der Waals surface area contributed by atoms with E-state index in [0.717, 1.165) is 25.1 Å². The molecule has 0 bridgehead atoms. The van der Waals surface area contributed by atoms with Gasteiger partial charge in [-0.2, -0.15) is 0 Å². The maximum absolute atomic E-state index is 10.5. The maximum Gasteiger partial charge on any atom is 0.269 e. The molecular formula is C11H14N2O3. The average molecular weight is 222 g/mol. The SMILES string of the molecule is COC1CCCN1c1ccc([N+](=O)[O-])cc1. The number of non-ortho nitro benzene ring substituents is 1. The van der Waals surface area contributed by atoms with Gasteiger partial charge in [0.15, 0.2) is 0 Å². The fraction of sp³-hybridized carbons (Fsp3) is 0.455. The van der Waals surface area contributed by atoms with Crippen molar-refractivity contribution in [2.75, 3.05) is 18.6 Å². The van der Waals surface area contributed by atoms with Crippen LogP contribution in [0.25, 0.3) is 0 Å². The van der Waals surface area contributed by atoms with Crippen molar-refractivity contribution >= 4 is 11.4 Å². The molecule has 1 aromatic rings. The van der Waals surface area contributed by atoms with E-state index < -0.39 is 0 Å². The van der Waals surface area contributed by atoms with Gasteiger partial charge in [0.25, 0.3) is 5.69 Å². The maximum atomic E-state index is 10.5. The Hall–Kier alpha value is -1.62. The zero-order valence-corrected chi connectivity index (χ0v) is 9.13. The number of nitro benzene ring substituents is 1. The number of methoxy groups -OCH3 is 1. The van der Waals surface area contributed by atoms with Crippen LogP contribution in [0.3, 0.4) is 0 Å². The first kappa shape index (κ1) is 10.9. The number of rotatable bonds is 3. The second-order valence-corrected chi connectivity index (χ2v) is 3.80. The second kappa shape index (κ2) is 4.49. The summed E-state index contributed by atoms with van der Waals surface area (Å²) >= 11 is 0. The van der Waals surface area contributed by atoms with Crippen LogP contribution in [0.2, 0.25) is 0 Å². The van der Waals surface area contributed by atoms with Gasteiger partial charge in [0.1, 0.15) is 6.23 Å². The number of ether oxygens (including phenoxy) is 1. The van der Waals surface area contributed by atoms with Crippen molar-refractivity contribution in [3.05, 3.63) is 34.4 Å². The first-order valence-corrected chi connectivity index (χ1v) is 5.26. The standard InChI is InChI=1S/C11H14N2O3/c1-16-11-3-2-8-12(11)9-4-6-10(7-5-9)13(14)15/h4-7,11H,2-3,8H2,1H3. The molecular weight excluding hydrogens is 208 g/mol. The van der Waals surface area contributed by atoms with Crippen LogP contribution < -0.4 is 4.90 Å². The first-order valence-electron chi connectivity index (χ1n) is 5.26. The summed E-state index contributed by atoms with van der Waals surface area (Å²) in [7, 11) is 1.69. The first-order chi connectivity index (χ1) is 7.72. The lowest BCUT2D eigenvalue weighted by Crippen LogP contribution is -2.30. The number of nitro groups is 1. The zero-order valence-electron chi connectivity index (χ0n) is 9.13. The molecule has 1 aromatic carbocycles. The third-order valence-corrected chi connectivity index (χ3v) is 2.86. The molecule has 0 spiro atoms. The quantitative estimate of drug-likeness (QED) is 0.581. The van der Waals surface area contributed by atoms with Crippen molar-refractivity contribution in [2.24, 2.45) is 0 Å². The highest BCUT2D eigenvalue weighted by Crippen LogP contribution is 2.27. The van der Waals surface area contributed by atoms with E-state index in [1.165, 1.54) is 12.1 Å². The third kappa shape index (κ3) is 1.99. The lowest BCUT2D eigenvalue weighted by Gasteiger charge is -2.25. The Kier molecular flexibility index (Phi) is 3.05. The molecule has 0 aliphatic carbocycles. The molecule has 0 saturated carbocycles. The van der Waals surface area contributed by atoms with Gasteiger partial charge in [-0.1, -0.05) is 0 Å². The Labute approximate surface area is 93.8 Å². The lowest BCUT2D eigenvalue weighted by molar-refractivity contribution is -0.384. The topological polar surface area (TPSA) is 55.6 Å². The molecule has 1 aliphatic rings. The minimum atomic E-state index is -0.387. The largest absolute Gasteiger partial charge is 0.362 e. The molecule has 1 atom stereocenters. The molecule has 2 rings (SSSR count). The summed E-state index contributed by atoms with van der Waals surface area (Å²) in [4.78, 5) is 12.3. The zero-order chi connectivity index (χ0) is 11.5. The predicted octanol–water partition coefficient (Wildman–Crippen LogP) is 2.17. The number of anilines is 1. The summed E-state index contributed by atoms with van der Waals surface area (Å²) < 4.78 is 5.35. The highest BCUT2D eigenvalue weighted by atomic mass is 16.6. The average Bonchev–Trinajstić information content (AvgIpc) is 2.77. The molecule has 1 aliphatic heterocycles. The van der Waals surface area contributed by atoms with Gasteiger partial charge in [0.2, 0.25) is 0 Å². The Morgan fingerprint density at radius 1 is 1.44 bits per heavy atom. The summed E-state index contributed by atoms with van der Waals surface area (Å²) in [5.41, 5.74) is 1.10. The summed E-state index contributed by atoms with van der Waals surface area (Å²) in [6.07, 6.45) is 2.20. The molecule has 0 N–H and O–H groups in total. The van der Waals surface area contributed by atoms with Crippen LogP contribution in [0.1, 0.15) is 12.8 Å². The van der Waals surface area contributed by atoms with E-state index in [4.69, 9.17) is 4.74 Å². The predicted molar refractivity (Wildman–Crippen MR) is 60.5 cm³/mol. The minimum Gasteiger partial charge on any atom is -0.362 e. The smallest absolute Gasteiger partial charge is 0.269 e. The van der Waals surface area contributed by atoms with Crippen molar-refractivity contribution < 1.29 is 9.66 Å². The molecule has 5 nitrogen and oxygen atoms in total. The van der Waals surface area contributed by atoms with E-state index >= 15 is 0 Å². The third-order valence-electron chi connectivity index (χ3n) is 2.86. The molecule has 5 heteroatoms. The van der Waals surface area contributed by atoms with Crippen molar-refractivity contribution in [2.45, 2.75) is 19.1 Å². The number of benzene rings is 1. The van der Waals surface area contributed by atoms with Gasteiger partial charge in [0.05, 0.1) is 4.92 Å². The van der Waals surface area contributed by atoms with E-state index in [9.17, 15) is 10.1 Å². The van der Waals surface area contributed by atoms with Gasteiger partial charge in [-0.15, -0.1) is 0 Å². The van der Waals surface area contributed by atoms with E-state index in [1.54, 1.807) is 19.2 Å². The van der Waals surface area contributed by atoms with Gasteiger partial charge < -0.3 is 9.64 Å². The lowest BCUT2D eigenvalue weighted by atomic mass is 10.2. The highest BCUT2D eigenvalue weighted by Gasteiger charge is 2.24. The van der Waals surface area contributed by atoms with Gasteiger partial charge >= 0.3 is 0 Å². The van der Waals surface area contributed by atoms with Crippen LogP contribution in [0.15, 0.2) is 24.3 Å². The molecule has 1 saturated heterocycles. The van der Waals surface area contributed by atoms with Crippen molar-refractivity contribution in [1.29, 1.82) is 0 Å². The summed E-state index contributed by atoms with van der Waals surface area (Å²) in [5, 5.41) is 10.5. The second-order valence-electron chi connectivity index (χ2n) is 3.80. The van der Waals surface area contributed by atoms with E-state index in [1.807, 2.05) is 0 Å². The summed E-state index contributed by atoms with van der Waals surface area (Å²) in [5.74, 6) is 0. The molecule has 86 valence electrons. The van der Waals surface area contributed by atoms with Gasteiger partial charge in [-0.05, 0) is 25.0 Å². The molecule has 1 heterocycles. The van der Waals surface area contributed by atoms with Crippen molar-refractivity contribution in [1.82, 2.24) is 0 Å². The highest BCUT2D eigenvalue weighted by molar-refractivity contribution is 5.51. The Morgan fingerprint density at radius 3 is 2.69 bits per heavy atom. The van der Waals surface area contributed by atoms with Gasteiger partial charge in [0, 0.05) is 31.5 Å². The summed E-state index contributed by atoms with van der Waals surface area (Å²) in [6.45, 7) is 0.941. The molecule has 1 fully saturated rings. The van der Waals surface area contributed by atoms with Gasteiger partial charge in [-0.3, -0.25) is 10.1 Å². The number of hydrogen-bond acceptors (Lipinski definition) is 4. The molecule has 1 unspecified atom stereocenters. The Bertz CT molecular complexity index is 377. The van der Waals surface area contributed by atoms with Crippen molar-refractivity contribution in [3.63, 3.8) is 0 Å². The fourth-order valence-electron chi connectivity index (χ4n) is 2.04. The molecule has 0 radical (unpaired) electrons. The number of hydrogen-bond donors (Lipinski definition) is 0. The Balaban J connectivity index is 2.18. The van der Waals surface area contributed by atoms with Crippen LogP contribution in [0.5, 0.6) is 0 Å².